The Labute approximate surface area is 163 Å². The van der Waals surface area contributed by atoms with Gasteiger partial charge < -0.3 is 30.9 Å². The summed E-state index contributed by atoms with van der Waals surface area (Å²) in [6.45, 7) is 0.421. The number of likely N-dealkylation sites (tertiary alicyclic amines) is 1. The molecule has 28 heavy (non-hydrogen) atoms. The normalized spacial score (nSPS) is 18.4. The molecule has 1 amide bonds. The molecule has 5 N–H and O–H groups in total. The summed E-state index contributed by atoms with van der Waals surface area (Å²) >= 11 is 0. The van der Waals surface area contributed by atoms with Crippen molar-refractivity contribution >= 4 is 18.0 Å². The van der Waals surface area contributed by atoms with Crippen LogP contribution in [0.3, 0.4) is 0 Å². The Morgan fingerprint density at radius 2 is 1.93 bits per heavy atom. The van der Waals surface area contributed by atoms with Crippen molar-refractivity contribution in [1.82, 2.24) is 4.90 Å². The first-order valence-corrected chi connectivity index (χ1v) is 9.29. The monoisotopic (exact) mass is 393 g/mol. The van der Waals surface area contributed by atoms with Gasteiger partial charge in [-0.3, -0.25) is 4.79 Å². The number of nitrogens with zero attached hydrogens (tertiary/aromatic N) is 1. The molecule has 1 aromatic carbocycles. The second-order valence-electron chi connectivity index (χ2n) is 6.71. The van der Waals surface area contributed by atoms with Gasteiger partial charge in [0.2, 0.25) is 5.91 Å². The molecule has 1 fully saturated rings. The molecule has 1 aromatic rings. The van der Waals surface area contributed by atoms with E-state index in [9.17, 15) is 19.5 Å². The van der Waals surface area contributed by atoms with Gasteiger partial charge in [0, 0.05) is 13.1 Å². The van der Waals surface area contributed by atoms with Crippen LogP contribution in [0.4, 0.5) is 4.79 Å². The minimum atomic E-state index is -1.11. The van der Waals surface area contributed by atoms with Crippen molar-refractivity contribution in [2.45, 2.75) is 50.5 Å². The zero-order valence-corrected chi connectivity index (χ0v) is 15.7. The van der Waals surface area contributed by atoms with Crippen LogP contribution in [0.15, 0.2) is 30.3 Å². The Morgan fingerprint density at radius 1 is 1.21 bits per heavy atom. The van der Waals surface area contributed by atoms with Gasteiger partial charge in [-0.25, -0.2) is 9.59 Å². The first-order valence-electron chi connectivity index (χ1n) is 9.29. The molecule has 1 heterocycles. The fraction of sp³-hybridized carbons (Fsp3) is 0.526. The van der Waals surface area contributed by atoms with Crippen molar-refractivity contribution in [1.29, 1.82) is 0 Å². The number of aliphatic hydroxyl groups excluding tert-OH is 1. The number of ether oxygens (including phenoxy) is 2. The van der Waals surface area contributed by atoms with Gasteiger partial charge in [-0.1, -0.05) is 30.3 Å². The lowest BCUT2D eigenvalue weighted by Crippen LogP contribution is -2.49. The fourth-order valence-corrected chi connectivity index (χ4v) is 3.00. The predicted molar refractivity (Wildman–Crippen MR) is 99.7 cm³/mol. The van der Waals surface area contributed by atoms with Crippen LogP contribution in [0.1, 0.15) is 31.2 Å². The SMILES string of the molecule is NCC(O)CCC(N)C(=O)N1CCC[C@H]1C(=O)OC(=O)OCc1ccccc1. The maximum atomic E-state index is 12.5. The van der Waals surface area contributed by atoms with E-state index >= 15 is 0 Å². The minimum absolute atomic E-state index is 0.0192. The van der Waals surface area contributed by atoms with Gasteiger partial charge in [-0.05, 0) is 31.2 Å². The smallest absolute Gasteiger partial charge is 0.429 e. The van der Waals surface area contributed by atoms with E-state index in [2.05, 4.69) is 0 Å². The van der Waals surface area contributed by atoms with E-state index in [1.54, 1.807) is 24.3 Å². The lowest BCUT2D eigenvalue weighted by Gasteiger charge is -2.26. The highest BCUT2D eigenvalue weighted by Gasteiger charge is 2.38. The Morgan fingerprint density at radius 3 is 2.61 bits per heavy atom. The molecule has 1 aliphatic heterocycles. The number of hydrogen-bond acceptors (Lipinski definition) is 8. The lowest BCUT2D eigenvalue weighted by atomic mass is 10.1. The highest BCUT2D eigenvalue weighted by Crippen LogP contribution is 2.20. The van der Waals surface area contributed by atoms with Gasteiger partial charge in [-0.2, -0.15) is 0 Å². The Kier molecular flexibility index (Phi) is 8.37. The molecule has 9 heteroatoms. The number of amides is 1. The molecule has 0 aromatic heterocycles. The van der Waals surface area contributed by atoms with Gasteiger partial charge >= 0.3 is 12.1 Å². The van der Waals surface area contributed by atoms with Crippen molar-refractivity contribution in [3.8, 4) is 0 Å². The van der Waals surface area contributed by atoms with Crippen molar-refractivity contribution in [3.05, 3.63) is 35.9 Å². The van der Waals surface area contributed by atoms with E-state index in [0.29, 0.717) is 19.4 Å². The topological polar surface area (TPSA) is 145 Å². The van der Waals surface area contributed by atoms with Crippen LogP contribution >= 0.6 is 0 Å². The third kappa shape index (κ3) is 6.29. The molecule has 1 saturated heterocycles. The summed E-state index contributed by atoms with van der Waals surface area (Å²) in [6, 6.07) is 7.24. The van der Waals surface area contributed by atoms with Crippen LogP contribution in [0, 0.1) is 0 Å². The molecule has 2 rings (SSSR count). The highest BCUT2D eigenvalue weighted by molar-refractivity contribution is 5.91. The van der Waals surface area contributed by atoms with E-state index in [-0.39, 0.29) is 26.0 Å². The number of nitrogens with two attached hydrogens (primary N) is 2. The van der Waals surface area contributed by atoms with Crippen LogP contribution in [-0.4, -0.2) is 59.3 Å². The average Bonchev–Trinajstić information content (AvgIpc) is 3.20. The maximum absolute atomic E-state index is 12.5. The Hall–Kier alpha value is -2.49. The predicted octanol–water partition coefficient (Wildman–Crippen LogP) is 0.285. The first-order chi connectivity index (χ1) is 13.4. The van der Waals surface area contributed by atoms with Gasteiger partial charge in [0.05, 0.1) is 12.1 Å². The van der Waals surface area contributed by atoms with Crippen LogP contribution in [0.5, 0.6) is 0 Å². The number of carbonyl (C=O) groups is 3. The molecule has 0 spiro atoms. The third-order valence-electron chi connectivity index (χ3n) is 4.59. The van der Waals surface area contributed by atoms with Crippen LogP contribution in [0.25, 0.3) is 0 Å². The summed E-state index contributed by atoms with van der Waals surface area (Å²) in [5.41, 5.74) is 12.0. The van der Waals surface area contributed by atoms with E-state index in [1.807, 2.05) is 6.07 Å². The summed E-state index contributed by atoms with van der Waals surface area (Å²) in [6.07, 6.45) is -0.314. The zero-order valence-electron chi connectivity index (χ0n) is 15.7. The number of rotatable bonds is 8. The Bertz CT molecular complexity index is 669. The van der Waals surface area contributed by atoms with Crippen molar-refractivity contribution < 1.29 is 29.0 Å². The molecule has 154 valence electrons. The maximum Gasteiger partial charge on any atom is 0.516 e. The summed E-state index contributed by atoms with van der Waals surface area (Å²) in [4.78, 5) is 37.9. The van der Waals surface area contributed by atoms with Crippen LogP contribution in [-0.2, 0) is 25.7 Å². The summed E-state index contributed by atoms with van der Waals surface area (Å²) in [5.74, 6) is -1.25. The molecule has 0 saturated carbocycles. The van der Waals surface area contributed by atoms with Crippen LogP contribution in [0.2, 0.25) is 0 Å². The van der Waals surface area contributed by atoms with Crippen molar-refractivity contribution in [2.75, 3.05) is 13.1 Å². The second kappa shape index (κ2) is 10.7. The standard InChI is InChI=1S/C19H27N3O6/c20-11-14(23)8-9-15(21)17(24)22-10-4-7-16(22)18(25)28-19(26)27-12-13-5-2-1-3-6-13/h1-3,5-6,14-16,23H,4,7-12,20-21H2/t14?,15?,16-/m0/s1. The molecule has 3 atom stereocenters. The molecule has 0 bridgehead atoms. The van der Waals surface area contributed by atoms with Crippen LogP contribution < -0.4 is 11.5 Å². The van der Waals surface area contributed by atoms with Crippen molar-refractivity contribution in [3.63, 3.8) is 0 Å². The minimum Gasteiger partial charge on any atom is -0.429 e. The Balaban J connectivity index is 1.84. The fourth-order valence-electron chi connectivity index (χ4n) is 3.00. The molecule has 0 aliphatic carbocycles. The van der Waals surface area contributed by atoms with Gasteiger partial charge in [0.25, 0.3) is 0 Å². The van der Waals surface area contributed by atoms with Gasteiger partial charge in [-0.15, -0.1) is 0 Å². The molecule has 1 aliphatic rings. The summed E-state index contributed by atoms with van der Waals surface area (Å²) < 4.78 is 9.67. The van der Waals surface area contributed by atoms with E-state index < -0.39 is 36.2 Å². The number of carbonyl (C=O) groups excluding carboxylic acids is 3. The molecule has 2 unspecified atom stereocenters. The molecule has 9 nitrogen and oxygen atoms in total. The zero-order chi connectivity index (χ0) is 20.5. The highest BCUT2D eigenvalue weighted by atomic mass is 16.7. The number of esters is 1. The van der Waals surface area contributed by atoms with E-state index in [4.69, 9.17) is 20.9 Å². The summed E-state index contributed by atoms with van der Waals surface area (Å²) in [7, 11) is 0. The molecule has 0 radical (unpaired) electrons. The third-order valence-corrected chi connectivity index (χ3v) is 4.59. The molecular weight excluding hydrogens is 366 g/mol. The number of benzene rings is 1. The molecular formula is C19H27N3O6. The lowest BCUT2D eigenvalue weighted by molar-refractivity contribution is -0.151. The largest absolute Gasteiger partial charge is 0.516 e. The van der Waals surface area contributed by atoms with Crippen molar-refractivity contribution in [2.24, 2.45) is 11.5 Å². The second-order valence-corrected chi connectivity index (χ2v) is 6.71. The summed E-state index contributed by atoms with van der Waals surface area (Å²) in [5, 5.41) is 9.50. The first kappa shape index (κ1) is 21.8. The van der Waals surface area contributed by atoms with Gasteiger partial charge in [0.1, 0.15) is 12.6 Å². The van der Waals surface area contributed by atoms with E-state index in [1.165, 1.54) is 4.90 Å². The number of hydrogen-bond donors (Lipinski definition) is 3. The quantitative estimate of drug-likeness (QED) is 0.422. The number of aliphatic hydroxyl groups is 1. The average molecular weight is 393 g/mol. The van der Waals surface area contributed by atoms with Gasteiger partial charge in [0.15, 0.2) is 0 Å². The van der Waals surface area contributed by atoms with E-state index in [0.717, 1.165) is 5.56 Å².